The van der Waals surface area contributed by atoms with Crippen molar-refractivity contribution in [1.29, 1.82) is 0 Å². The maximum absolute atomic E-state index is 13.6. The van der Waals surface area contributed by atoms with Gasteiger partial charge in [-0.1, -0.05) is 15.9 Å². The maximum Gasteiger partial charge on any atom is 0.264 e. The molecule has 2 aromatic rings. The van der Waals surface area contributed by atoms with Crippen LogP contribution in [0.4, 0.5) is 14.5 Å². The Bertz CT molecular complexity index is 765. The van der Waals surface area contributed by atoms with Crippen molar-refractivity contribution in [2.45, 2.75) is 4.90 Å². The lowest BCUT2D eigenvalue weighted by molar-refractivity contribution is 0.432. The van der Waals surface area contributed by atoms with Gasteiger partial charge in [-0.05, 0) is 30.3 Å². The van der Waals surface area contributed by atoms with E-state index in [0.29, 0.717) is 4.47 Å². The molecule has 0 heterocycles. The number of rotatable bonds is 3. The zero-order valence-electron chi connectivity index (χ0n) is 9.77. The first-order valence-electron chi connectivity index (χ1n) is 5.26. The van der Waals surface area contributed by atoms with E-state index in [9.17, 15) is 17.2 Å². The summed E-state index contributed by atoms with van der Waals surface area (Å²) in [4.78, 5) is -0.561. The average Bonchev–Trinajstić information content (AvgIpc) is 2.33. The molecule has 2 rings (SSSR count). The summed E-state index contributed by atoms with van der Waals surface area (Å²) in [6.45, 7) is 0. The smallest absolute Gasteiger partial charge is 0.264 e. The molecule has 0 fully saturated rings. The van der Waals surface area contributed by atoms with Crippen LogP contribution in [0.5, 0.6) is 5.75 Å². The summed E-state index contributed by atoms with van der Waals surface area (Å²) in [5.41, 5.74) is -0.123. The number of nitrogens with one attached hydrogen (secondary N) is 1. The van der Waals surface area contributed by atoms with Crippen molar-refractivity contribution in [2.75, 3.05) is 4.72 Å². The Balaban J connectivity index is 2.38. The van der Waals surface area contributed by atoms with E-state index < -0.39 is 32.3 Å². The predicted octanol–water partition coefficient (Wildman–Crippen LogP) is 3.23. The van der Waals surface area contributed by atoms with Gasteiger partial charge in [0.1, 0.15) is 10.7 Å². The lowest BCUT2D eigenvalue weighted by Crippen LogP contribution is -2.14. The van der Waals surface area contributed by atoms with Crippen LogP contribution in [0.25, 0.3) is 0 Å². The van der Waals surface area contributed by atoms with Gasteiger partial charge in [0.2, 0.25) is 0 Å². The van der Waals surface area contributed by atoms with Crippen LogP contribution in [0.2, 0.25) is 0 Å². The Morgan fingerprint density at radius 1 is 1.05 bits per heavy atom. The van der Waals surface area contributed by atoms with Gasteiger partial charge in [0, 0.05) is 10.5 Å². The fourth-order valence-electron chi connectivity index (χ4n) is 1.47. The number of sulfonamides is 1. The normalized spacial score (nSPS) is 11.3. The first kappa shape index (κ1) is 14.7. The number of hydrogen-bond donors (Lipinski definition) is 2. The molecular formula is C12H8BrF2NO3S. The number of phenols is 1. The van der Waals surface area contributed by atoms with Crippen LogP contribution in [0.3, 0.4) is 0 Å². The second-order valence-electron chi connectivity index (χ2n) is 3.85. The van der Waals surface area contributed by atoms with Crippen molar-refractivity contribution < 1.29 is 22.3 Å². The Labute approximate surface area is 122 Å². The average molecular weight is 364 g/mol. The summed E-state index contributed by atoms with van der Waals surface area (Å²) >= 11 is 3.01. The molecule has 8 heteroatoms. The molecule has 0 radical (unpaired) electrons. The molecule has 0 aromatic heterocycles. The van der Waals surface area contributed by atoms with Gasteiger partial charge in [0.05, 0.1) is 5.69 Å². The SMILES string of the molecule is O=S(=O)(Nc1ccc(O)c(F)c1)c1ccc(Br)cc1F. The van der Waals surface area contributed by atoms with Gasteiger partial charge in [-0.2, -0.15) is 0 Å². The molecule has 0 aliphatic heterocycles. The van der Waals surface area contributed by atoms with Crippen LogP contribution in [-0.4, -0.2) is 13.5 Å². The van der Waals surface area contributed by atoms with Crippen LogP contribution in [0.15, 0.2) is 45.8 Å². The van der Waals surface area contributed by atoms with Gasteiger partial charge < -0.3 is 5.11 Å². The molecule has 0 atom stereocenters. The third-order valence-electron chi connectivity index (χ3n) is 2.38. The van der Waals surface area contributed by atoms with Gasteiger partial charge in [-0.25, -0.2) is 17.2 Å². The zero-order valence-corrected chi connectivity index (χ0v) is 12.2. The Morgan fingerprint density at radius 2 is 1.75 bits per heavy atom. The van der Waals surface area contributed by atoms with Crippen LogP contribution in [0, 0.1) is 11.6 Å². The van der Waals surface area contributed by atoms with Crippen molar-refractivity contribution in [3.8, 4) is 5.75 Å². The lowest BCUT2D eigenvalue weighted by atomic mass is 10.3. The van der Waals surface area contributed by atoms with E-state index >= 15 is 0 Å². The Morgan fingerprint density at radius 3 is 2.35 bits per heavy atom. The summed E-state index contributed by atoms with van der Waals surface area (Å²) in [5, 5.41) is 9.02. The summed E-state index contributed by atoms with van der Waals surface area (Å²) in [5.74, 6) is -2.53. The monoisotopic (exact) mass is 363 g/mol. The predicted molar refractivity (Wildman–Crippen MR) is 73.0 cm³/mol. The van der Waals surface area contributed by atoms with E-state index in [2.05, 4.69) is 15.9 Å². The maximum atomic E-state index is 13.6. The van der Waals surface area contributed by atoms with E-state index in [1.807, 2.05) is 4.72 Å². The molecule has 0 saturated heterocycles. The van der Waals surface area contributed by atoms with E-state index in [4.69, 9.17) is 5.11 Å². The second kappa shape index (κ2) is 5.37. The molecule has 2 aromatic carbocycles. The highest BCUT2D eigenvalue weighted by atomic mass is 79.9. The number of aromatic hydroxyl groups is 1. The number of benzene rings is 2. The van der Waals surface area contributed by atoms with Crippen molar-refractivity contribution >= 4 is 31.6 Å². The van der Waals surface area contributed by atoms with Crippen molar-refractivity contribution in [1.82, 2.24) is 0 Å². The molecule has 0 bridgehead atoms. The first-order chi connectivity index (χ1) is 9.29. The molecule has 4 nitrogen and oxygen atoms in total. The van der Waals surface area contributed by atoms with Crippen LogP contribution >= 0.6 is 15.9 Å². The highest BCUT2D eigenvalue weighted by molar-refractivity contribution is 9.10. The fourth-order valence-corrected chi connectivity index (χ4v) is 2.92. The molecule has 0 aliphatic carbocycles. The third-order valence-corrected chi connectivity index (χ3v) is 4.29. The molecular weight excluding hydrogens is 356 g/mol. The minimum atomic E-state index is -4.18. The van der Waals surface area contributed by atoms with E-state index in [0.717, 1.165) is 30.3 Å². The van der Waals surface area contributed by atoms with E-state index in [1.54, 1.807) is 0 Å². The second-order valence-corrected chi connectivity index (χ2v) is 6.41. The van der Waals surface area contributed by atoms with Crippen LogP contribution < -0.4 is 4.72 Å². The molecule has 0 aliphatic rings. The molecule has 20 heavy (non-hydrogen) atoms. The molecule has 0 spiro atoms. The van der Waals surface area contributed by atoms with Crippen LogP contribution in [0.1, 0.15) is 0 Å². The van der Waals surface area contributed by atoms with Gasteiger partial charge >= 0.3 is 0 Å². The topological polar surface area (TPSA) is 66.4 Å². The highest BCUT2D eigenvalue weighted by Gasteiger charge is 2.19. The number of anilines is 1. The standard InChI is InChI=1S/C12H8BrF2NO3S/c13-7-1-4-12(10(15)5-7)20(18,19)16-8-2-3-11(17)9(14)6-8/h1-6,16-17H. The number of hydrogen-bond acceptors (Lipinski definition) is 3. The minimum Gasteiger partial charge on any atom is -0.505 e. The van der Waals surface area contributed by atoms with Crippen LogP contribution in [-0.2, 0) is 10.0 Å². The Kier molecular flexibility index (Phi) is 3.96. The van der Waals surface area contributed by atoms with Gasteiger partial charge in [0.15, 0.2) is 11.6 Å². The fraction of sp³-hybridized carbons (Fsp3) is 0. The van der Waals surface area contributed by atoms with Gasteiger partial charge in [-0.3, -0.25) is 4.72 Å². The van der Waals surface area contributed by atoms with Gasteiger partial charge in [0.25, 0.3) is 10.0 Å². The van der Waals surface area contributed by atoms with Crippen molar-refractivity contribution in [3.63, 3.8) is 0 Å². The third kappa shape index (κ3) is 3.07. The molecule has 106 valence electrons. The lowest BCUT2D eigenvalue weighted by Gasteiger charge is -2.09. The van der Waals surface area contributed by atoms with E-state index in [-0.39, 0.29) is 5.69 Å². The first-order valence-corrected chi connectivity index (χ1v) is 7.53. The summed E-state index contributed by atoms with van der Waals surface area (Å²) in [6.07, 6.45) is 0. The quantitative estimate of drug-likeness (QED) is 0.822. The summed E-state index contributed by atoms with van der Waals surface area (Å²) in [6, 6.07) is 6.40. The highest BCUT2D eigenvalue weighted by Crippen LogP contribution is 2.24. The van der Waals surface area contributed by atoms with Crippen molar-refractivity contribution in [3.05, 3.63) is 52.5 Å². The summed E-state index contributed by atoms with van der Waals surface area (Å²) in [7, 11) is -4.18. The van der Waals surface area contributed by atoms with Crippen molar-refractivity contribution in [2.24, 2.45) is 0 Å². The number of halogens is 3. The molecule has 0 saturated carbocycles. The minimum absolute atomic E-state index is 0.123. The molecule has 0 amide bonds. The largest absolute Gasteiger partial charge is 0.505 e. The van der Waals surface area contributed by atoms with E-state index in [1.165, 1.54) is 6.07 Å². The Hall–Kier alpha value is -1.67. The molecule has 0 unspecified atom stereocenters. The number of phenolic OH excluding ortho intramolecular Hbond substituents is 1. The zero-order chi connectivity index (χ0) is 14.9. The molecule has 2 N–H and O–H groups in total. The van der Waals surface area contributed by atoms with Gasteiger partial charge in [-0.15, -0.1) is 0 Å². The summed E-state index contributed by atoms with van der Waals surface area (Å²) < 4.78 is 53.1.